The van der Waals surface area contributed by atoms with Gasteiger partial charge in [-0.15, -0.1) is 0 Å². The summed E-state index contributed by atoms with van der Waals surface area (Å²) in [7, 11) is -2.78. The van der Waals surface area contributed by atoms with Crippen molar-refractivity contribution < 1.29 is 25.6 Å². The van der Waals surface area contributed by atoms with Gasteiger partial charge in [0.25, 0.3) is 0 Å². The molecule has 0 heterocycles. The van der Waals surface area contributed by atoms with Crippen LogP contribution < -0.4 is 15.9 Å². The van der Waals surface area contributed by atoms with Gasteiger partial charge in [0.1, 0.15) is 0 Å². The molecule has 0 aliphatic carbocycles. The van der Waals surface area contributed by atoms with Gasteiger partial charge in [0.15, 0.2) is 7.14 Å². The second-order valence-electron chi connectivity index (χ2n) is 4.62. The molecular formula is C18H15OPPt+2. The van der Waals surface area contributed by atoms with E-state index in [4.69, 9.17) is 0 Å². The van der Waals surface area contributed by atoms with Gasteiger partial charge in [-0.25, -0.2) is 0 Å². The quantitative estimate of drug-likeness (QED) is 0.534. The van der Waals surface area contributed by atoms with Crippen molar-refractivity contribution in [3.8, 4) is 0 Å². The van der Waals surface area contributed by atoms with Crippen LogP contribution >= 0.6 is 7.14 Å². The van der Waals surface area contributed by atoms with Crippen molar-refractivity contribution in [2.75, 3.05) is 0 Å². The Bertz CT molecular complexity index is 624. The van der Waals surface area contributed by atoms with Gasteiger partial charge >= 0.3 is 21.1 Å². The van der Waals surface area contributed by atoms with Crippen LogP contribution in [0.25, 0.3) is 0 Å². The fourth-order valence-electron chi connectivity index (χ4n) is 2.36. The summed E-state index contributed by atoms with van der Waals surface area (Å²) in [5.74, 6) is 0. The van der Waals surface area contributed by atoms with Crippen LogP contribution in [0.15, 0.2) is 91.0 Å². The standard InChI is InChI=1S/C18H15OP.Pt/c19-20(16-10-4-1-5-11-16,17-12-6-2-7-13-17)18-14-8-3-9-15-18;/h1-15H;/q;+2. The topological polar surface area (TPSA) is 17.1 Å². The van der Waals surface area contributed by atoms with Gasteiger partial charge in [0, 0.05) is 15.9 Å². The molecule has 1 nitrogen and oxygen atoms in total. The Labute approximate surface area is 139 Å². The summed E-state index contributed by atoms with van der Waals surface area (Å²) in [4.78, 5) is 0. The first-order chi connectivity index (χ1) is 9.82. The minimum atomic E-state index is -2.78. The molecule has 3 heteroatoms. The van der Waals surface area contributed by atoms with E-state index in [0.717, 1.165) is 15.9 Å². The second kappa shape index (κ2) is 7.03. The van der Waals surface area contributed by atoms with E-state index in [0.29, 0.717) is 0 Å². The Morgan fingerprint density at radius 1 is 0.476 bits per heavy atom. The van der Waals surface area contributed by atoms with Crippen molar-refractivity contribution in [2.45, 2.75) is 0 Å². The molecule has 0 radical (unpaired) electrons. The molecule has 0 unspecified atom stereocenters. The first-order valence-electron chi connectivity index (χ1n) is 6.59. The minimum Gasteiger partial charge on any atom is -0.309 e. The molecule has 21 heavy (non-hydrogen) atoms. The molecule has 3 aromatic rings. The zero-order chi connectivity index (χ0) is 13.8. The van der Waals surface area contributed by atoms with Crippen molar-refractivity contribution in [3.63, 3.8) is 0 Å². The van der Waals surface area contributed by atoms with Crippen molar-refractivity contribution in [2.24, 2.45) is 0 Å². The van der Waals surface area contributed by atoms with Crippen molar-refractivity contribution in [1.29, 1.82) is 0 Å². The van der Waals surface area contributed by atoms with E-state index < -0.39 is 7.14 Å². The third-order valence-electron chi connectivity index (χ3n) is 3.36. The van der Waals surface area contributed by atoms with Gasteiger partial charge in [-0.05, 0) is 0 Å². The molecule has 106 valence electrons. The Hall–Kier alpha value is -1.42. The fourth-order valence-corrected chi connectivity index (χ4v) is 5.03. The van der Waals surface area contributed by atoms with Crippen LogP contribution in [-0.4, -0.2) is 0 Å². The van der Waals surface area contributed by atoms with Crippen LogP contribution in [-0.2, 0) is 25.6 Å². The molecule has 0 saturated carbocycles. The van der Waals surface area contributed by atoms with E-state index in [1.54, 1.807) is 0 Å². The monoisotopic (exact) mass is 473 g/mol. The maximum atomic E-state index is 13.8. The SMILES string of the molecule is O=P(c1ccccc1)(c1ccccc1)c1ccccc1.[Pt+2]. The van der Waals surface area contributed by atoms with Gasteiger partial charge in [0.2, 0.25) is 0 Å². The number of benzene rings is 3. The first kappa shape index (κ1) is 16.0. The van der Waals surface area contributed by atoms with Crippen molar-refractivity contribution in [3.05, 3.63) is 91.0 Å². The molecule has 0 aromatic heterocycles. The largest absolute Gasteiger partial charge is 2.00 e. The van der Waals surface area contributed by atoms with Crippen LogP contribution in [0, 0.1) is 0 Å². The normalized spacial score (nSPS) is 10.7. The number of rotatable bonds is 3. The van der Waals surface area contributed by atoms with Gasteiger partial charge < -0.3 is 4.57 Å². The average Bonchev–Trinajstić information content (AvgIpc) is 2.56. The third kappa shape index (κ3) is 3.10. The third-order valence-corrected chi connectivity index (χ3v) is 6.44. The van der Waals surface area contributed by atoms with E-state index in [9.17, 15) is 4.57 Å². The molecule has 0 fully saturated rings. The van der Waals surface area contributed by atoms with Gasteiger partial charge in [-0.2, -0.15) is 0 Å². The van der Waals surface area contributed by atoms with Crippen LogP contribution in [0.3, 0.4) is 0 Å². The van der Waals surface area contributed by atoms with Crippen LogP contribution in [0.5, 0.6) is 0 Å². The van der Waals surface area contributed by atoms with Gasteiger partial charge in [-0.1, -0.05) is 91.0 Å². The summed E-state index contributed by atoms with van der Waals surface area (Å²) < 4.78 is 13.8. The Morgan fingerprint density at radius 2 is 0.714 bits per heavy atom. The molecule has 0 amide bonds. The van der Waals surface area contributed by atoms with E-state index in [-0.39, 0.29) is 21.1 Å². The van der Waals surface area contributed by atoms with E-state index in [2.05, 4.69) is 0 Å². The summed E-state index contributed by atoms with van der Waals surface area (Å²) in [6.07, 6.45) is 0. The number of hydrogen-bond acceptors (Lipinski definition) is 1. The molecule has 0 N–H and O–H groups in total. The minimum absolute atomic E-state index is 0. The average molecular weight is 473 g/mol. The Kier molecular flexibility index (Phi) is 5.34. The summed E-state index contributed by atoms with van der Waals surface area (Å²) in [6, 6.07) is 29.1. The zero-order valence-electron chi connectivity index (χ0n) is 11.3. The molecule has 0 aliphatic heterocycles. The van der Waals surface area contributed by atoms with Gasteiger partial charge in [0.05, 0.1) is 0 Å². The van der Waals surface area contributed by atoms with E-state index in [1.807, 2.05) is 91.0 Å². The molecular weight excluding hydrogens is 458 g/mol. The zero-order valence-corrected chi connectivity index (χ0v) is 14.5. The van der Waals surface area contributed by atoms with Crippen molar-refractivity contribution >= 4 is 23.1 Å². The number of hydrogen-bond donors (Lipinski definition) is 0. The maximum absolute atomic E-state index is 13.8. The molecule has 3 aromatic carbocycles. The van der Waals surface area contributed by atoms with Crippen LogP contribution in [0.1, 0.15) is 0 Å². The smallest absolute Gasteiger partial charge is 0.309 e. The van der Waals surface area contributed by atoms with Crippen molar-refractivity contribution in [1.82, 2.24) is 0 Å². The molecule has 0 spiro atoms. The Morgan fingerprint density at radius 3 is 0.952 bits per heavy atom. The fraction of sp³-hybridized carbons (Fsp3) is 0. The molecule has 0 bridgehead atoms. The molecule has 3 rings (SSSR count). The molecule has 0 atom stereocenters. The maximum Gasteiger partial charge on any atom is 2.00 e. The van der Waals surface area contributed by atoms with Crippen LogP contribution in [0.2, 0.25) is 0 Å². The molecule has 0 saturated heterocycles. The first-order valence-corrected chi connectivity index (χ1v) is 8.29. The van der Waals surface area contributed by atoms with Crippen LogP contribution in [0.4, 0.5) is 0 Å². The van der Waals surface area contributed by atoms with Gasteiger partial charge in [-0.3, -0.25) is 0 Å². The molecule has 0 aliphatic rings. The summed E-state index contributed by atoms with van der Waals surface area (Å²) in [5, 5.41) is 2.62. The van der Waals surface area contributed by atoms with E-state index >= 15 is 0 Å². The van der Waals surface area contributed by atoms with E-state index in [1.165, 1.54) is 0 Å². The summed E-state index contributed by atoms with van der Waals surface area (Å²) >= 11 is 0. The predicted octanol–water partition coefficient (Wildman–Crippen LogP) is 3.32. The Balaban J connectivity index is 0.00000161. The predicted molar refractivity (Wildman–Crippen MR) is 85.8 cm³/mol. The second-order valence-corrected chi connectivity index (χ2v) is 7.38. The summed E-state index contributed by atoms with van der Waals surface area (Å²) in [5.41, 5.74) is 0. The summed E-state index contributed by atoms with van der Waals surface area (Å²) in [6.45, 7) is 0.